The number of hydrogen-bond donors (Lipinski definition) is 1. The van der Waals surface area contributed by atoms with Gasteiger partial charge in [0.2, 0.25) is 0 Å². The van der Waals surface area contributed by atoms with Crippen molar-refractivity contribution in [3.05, 3.63) is 35.1 Å². The molecule has 0 spiro atoms. The zero-order valence-corrected chi connectivity index (χ0v) is 14.6. The van der Waals surface area contributed by atoms with E-state index in [1.165, 1.54) is 0 Å². The quantitative estimate of drug-likeness (QED) is 0.887. The molecule has 0 amide bonds. The van der Waals surface area contributed by atoms with Crippen molar-refractivity contribution in [2.24, 2.45) is 23.2 Å². The van der Waals surface area contributed by atoms with Gasteiger partial charge in [-0.1, -0.05) is 19.1 Å². The van der Waals surface area contributed by atoms with E-state index in [1.807, 2.05) is 0 Å². The van der Waals surface area contributed by atoms with Crippen molar-refractivity contribution < 1.29 is 19.1 Å². The minimum atomic E-state index is -0.788. The smallest absolute Gasteiger partial charge is 0.303 e. The van der Waals surface area contributed by atoms with Crippen LogP contribution in [0.25, 0.3) is 0 Å². The summed E-state index contributed by atoms with van der Waals surface area (Å²) in [6.45, 7) is 2.10. The third-order valence-electron chi connectivity index (χ3n) is 7.29. The molecule has 0 aromatic heterocycles. The fraction of sp³-hybridized carbons (Fsp3) is 0.619. The van der Waals surface area contributed by atoms with Crippen LogP contribution in [-0.2, 0) is 16.0 Å². The van der Waals surface area contributed by atoms with Crippen LogP contribution in [0.3, 0.4) is 0 Å². The Labute approximate surface area is 147 Å². The summed E-state index contributed by atoms with van der Waals surface area (Å²) in [4.78, 5) is 23.8. The van der Waals surface area contributed by atoms with Crippen LogP contribution >= 0.6 is 0 Å². The molecule has 1 N–H and O–H groups in total. The Morgan fingerprint density at radius 2 is 2.16 bits per heavy atom. The first-order valence-corrected chi connectivity index (χ1v) is 9.44. The van der Waals surface area contributed by atoms with E-state index in [0.717, 1.165) is 36.8 Å². The number of carbonyl (C=O) groups excluding carboxylic acids is 1. The molecule has 0 saturated heterocycles. The molecule has 3 aliphatic carbocycles. The molecule has 2 saturated carbocycles. The first-order valence-electron chi connectivity index (χ1n) is 9.44. The summed E-state index contributed by atoms with van der Waals surface area (Å²) < 4.78 is 14.2. The van der Waals surface area contributed by atoms with E-state index in [1.54, 1.807) is 12.1 Å². The highest BCUT2D eigenvalue weighted by Crippen LogP contribution is 2.62. The average molecular weight is 344 g/mol. The Kier molecular flexibility index (Phi) is 3.97. The van der Waals surface area contributed by atoms with Gasteiger partial charge in [0, 0.05) is 18.3 Å². The van der Waals surface area contributed by atoms with Crippen LogP contribution in [0, 0.1) is 29.0 Å². The van der Waals surface area contributed by atoms with Gasteiger partial charge in [-0.15, -0.1) is 0 Å². The van der Waals surface area contributed by atoms with Crippen LogP contribution in [0.5, 0.6) is 0 Å². The number of benzene rings is 1. The molecule has 0 unspecified atom stereocenters. The minimum Gasteiger partial charge on any atom is -0.481 e. The SMILES string of the molecule is C[C@]12CC[C@@H]3c4cccc(F)c4CC[C@H]3[C@@H]1[C@H](CCC(=O)O)CC2=O. The maximum absolute atomic E-state index is 14.2. The van der Waals surface area contributed by atoms with Crippen LogP contribution in [0.2, 0.25) is 0 Å². The first-order chi connectivity index (χ1) is 11.9. The predicted octanol–water partition coefficient (Wildman–Crippen LogP) is 4.34. The normalized spacial score (nSPS) is 36.5. The number of carboxylic acids is 1. The molecule has 0 heterocycles. The number of Topliss-reactive ketones (excluding diaryl/α,β-unsaturated/α-hetero) is 1. The van der Waals surface area contributed by atoms with E-state index in [2.05, 4.69) is 13.0 Å². The minimum absolute atomic E-state index is 0.103. The maximum Gasteiger partial charge on any atom is 0.303 e. The summed E-state index contributed by atoms with van der Waals surface area (Å²) in [5, 5.41) is 9.07. The molecule has 134 valence electrons. The van der Waals surface area contributed by atoms with Gasteiger partial charge in [-0.25, -0.2) is 4.39 Å². The lowest BCUT2D eigenvalue weighted by Gasteiger charge is -2.50. The number of ketones is 1. The van der Waals surface area contributed by atoms with Crippen LogP contribution in [0.15, 0.2) is 18.2 Å². The monoisotopic (exact) mass is 344 g/mol. The number of carboxylic acid groups (broad SMARTS) is 1. The third kappa shape index (κ3) is 2.52. The number of hydrogen-bond acceptors (Lipinski definition) is 2. The van der Waals surface area contributed by atoms with E-state index in [4.69, 9.17) is 5.11 Å². The molecule has 25 heavy (non-hydrogen) atoms. The van der Waals surface area contributed by atoms with E-state index in [-0.39, 0.29) is 29.5 Å². The Morgan fingerprint density at radius 1 is 1.36 bits per heavy atom. The molecule has 0 aliphatic heterocycles. The van der Waals surface area contributed by atoms with Gasteiger partial charge in [-0.3, -0.25) is 9.59 Å². The van der Waals surface area contributed by atoms with Gasteiger partial charge in [-0.2, -0.15) is 0 Å². The first kappa shape index (κ1) is 16.7. The van der Waals surface area contributed by atoms with Gasteiger partial charge in [0.15, 0.2) is 0 Å². The molecule has 0 bridgehead atoms. The highest BCUT2D eigenvalue weighted by Gasteiger charge is 2.58. The van der Waals surface area contributed by atoms with Gasteiger partial charge >= 0.3 is 5.97 Å². The molecule has 0 radical (unpaired) electrons. The Balaban J connectivity index is 1.68. The second-order valence-corrected chi connectivity index (χ2v) is 8.42. The van der Waals surface area contributed by atoms with Gasteiger partial charge < -0.3 is 5.11 Å². The molecule has 3 aliphatic rings. The Bertz CT molecular complexity index is 728. The molecule has 1 aromatic carbocycles. The lowest BCUT2D eigenvalue weighted by Crippen LogP contribution is -2.44. The fourth-order valence-electron chi connectivity index (χ4n) is 6.21. The van der Waals surface area contributed by atoms with Crippen LogP contribution in [0.1, 0.15) is 62.5 Å². The van der Waals surface area contributed by atoms with E-state index < -0.39 is 5.97 Å². The van der Waals surface area contributed by atoms with Crippen LogP contribution in [0.4, 0.5) is 4.39 Å². The topological polar surface area (TPSA) is 54.4 Å². The van der Waals surface area contributed by atoms with Crippen molar-refractivity contribution in [3.63, 3.8) is 0 Å². The standard InChI is InChI=1S/C21H25FO3/c1-21-10-9-14-13-3-2-4-17(22)15(13)6-7-16(14)20(21)12(11-18(21)23)5-8-19(24)25/h2-4,12,14,16,20H,5-11H2,1H3,(H,24,25)/t12-,14-,16-,20+,21-/m1/s1. The van der Waals surface area contributed by atoms with Crippen molar-refractivity contribution in [2.45, 2.75) is 57.8 Å². The lowest BCUT2D eigenvalue weighted by atomic mass is 9.54. The fourth-order valence-corrected chi connectivity index (χ4v) is 6.21. The average Bonchev–Trinajstić information content (AvgIpc) is 2.84. The van der Waals surface area contributed by atoms with Crippen LogP contribution < -0.4 is 0 Å². The summed E-state index contributed by atoms with van der Waals surface area (Å²) in [5.74, 6) is 0.523. The van der Waals surface area contributed by atoms with Gasteiger partial charge in [0.1, 0.15) is 11.6 Å². The zero-order valence-electron chi connectivity index (χ0n) is 14.6. The lowest BCUT2D eigenvalue weighted by molar-refractivity contribution is -0.137. The predicted molar refractivity (Wildman–Crippen MR) is 91.8 cm³/mol. The number of halogens is 1. The molecule has 4 rings (SSSR count). The summed E-state index contributed by atoms with van der Waals surface area (Å²) in [7, 11) is 0. The van der Waals surface area contributed by atoms with Crippen molar-refractivity contribution in [1.82, 2.24) is 0 Å². The van der Waals surface area contributed by atoms with E-state index in [9.17, 15) is 14.0 Å². The highest BCUT2D eigenvalue weighted by atomic mass is 19.1. The number of carbonyl (C=O) groups is 2. The Morgan fingerprint density at radius 3 is 2.92 bits per heavy atom. The summed E-state index contributed by atoms with van der Waals surface area (Å²) in [6.07, 6.45) is 4.66. The van der Waals surface area contributed by atoms with Crippen molar-refractivity contribution in [2.75, 3.05) is 0 Å². The molecule has 2 fully saturated rings. The van der Waals surface area contributed by atoms with Gasteiger partial charge in [0.25, 0.3) is 0 Å². The number of fused-ring (bicyclic) bond motifs is 5. The molecule has 5 atom stereocenters. The molecule has 4 heteroatoms. The summed E-state index contributed by atoms with van der Waals surface area (Å²) in [5.41, 5.74) is 1.68. The number of rotatable bonds is 3. The number of aliphatic carboxylic acids is 1. The molecular weight excluding hydrogens is 319 g/mol. The van der Waals surface area contributed by atoms with E-state index in [0.29, 0.717) is 30.5 Å². The van der Waals surface area contributed by atoms with E-state index >= 15 is 0 Å². The Hall–Kier alpha value is -1.71. The van der Waals surface area contributed by atoms with Crippen molar-refractivity contribution >= 4 is 11.8 Å². The molecule has 3 nitrogen and oxygen atoms in total. The van der Waals surface area contributed by atoms with Crippen LogP contribution in [-0.4, -0.2) is 16.9 Å². The third-order valence-corrected chi connectivity index (χ3v) is 7.29. The highest BCUT2D eigenvalue weighted by molar-refractivity contribution is 5.87. The molecule has 1 aromatic rings. The summed E-state index contributed by atoms with van der Waals surface area (Å²) in [6, 6.07) is 5.40. The summed E-state index contributed by atoms with van der Waals surface area (Å²) >= 11 is 0. The molecular formula is C21H25FO3. The van der Waals surface area contributed by atoms with Crippen molar-refractivity contribution in [3.8, 4) is 0 Å². The van der Waals surface area contributed by atoms with Gasteiger partial charge in [-0.05, 0) is 73.0 Å². The van der Waals surface area contributed by atoms with Crippen molar-refractivity contribution in [1.29, 1.82) is 0 Å². The largest absolute Gasteiger partial charge is 0.481 e. The second kappa shape index (κ2) is 5.93. The maximum atomic E-state index is 14.2. The van der Waals surface area contributed by atoms with Gasteiger partial charge in [0.05, 0.1) is 0 Å². The second-order valence-electron chi connectivity index (χ2n) is 8.42. The zero-order chi connectivity index (χ0) is 17.8.